The smallest absolute Gasteiger partial charge is 0.262 e. The Balaban J connectivity index is 2.01. The summed E-state index contributed by atoms with van der Waals surface area (Å²) in [5.74, 6) is 0.620. The third-order valence-corrected chi connectivity index (χ3v) is 4.26. The second-order valence-corrected chi connectivity index (χ2v) is 6.75. The second-order valence-electron chi connectivity index (χ2n) is 5.50. The van der Waals surface area contributed by atoms with E-state index in [2.05, 4.69) is 34.0 Å². The zero-order valence-corrected chi connectivity index (χ0v) is 15.4. The lowest BCUT2D eigenvalue weighted by atomic mass is 10.1. The molecule has 1 N–H and O–H groups in total. The average molecular weight is 409 g/mol. The molecule has 0 aliphatic carbocycles. The van der Waals surface area contributed by atoms with E-state index >= 15 is 0 Å². The van der Waals surface area contributed by atoms with E-state index in [1.807, 2.05) is 52.0 Å². The van der Waals surface area contributed by atoms with E-state index in [1.54, 1.807) is 0 Å². The number of aryl methyl sites for hydroxylation is 3. The first-order valence-electron chi connectivity index (χ1n) is 7.13. The van der Waals surface area contributed by atoms with Crippen molar-refractivity contribution in [1.82, 2.24) is 0 Å². The van der Waals surface area contributed by atoms with E-state index in [1.165, 1.54) is 5.56 Å². The van der Waals surface area contributed by atoms with Crippen LogP contribution in [0.2, 0.25) is 0 Å². The van der Waals surface area contributed by atoms with Crippen LogP contribution in [-0.2, 0) is 4.79 Å². The zero-order chi connectivity index (χ0) is 16.3. The molecule has 0 saturated carbocycles. The molecule has 0 radical (unpaired) electrons. The number of nitrogens with one attached hydrogen (secondary N) is 1. The Hall–Kier alpha value is -1.56. The summed E-state index contributed by atoms with van der Waals surface area (Å²) >= 11 is 2.25. The van der Waals surface area contributed by atoms with Crippen molar-refractivity contribution in [3.8, 4) is 5.75 Å². The van der Waals surface area contributed by atoms with Crippen molar-refractivity contribution in [2.45, 2.75) is 27.7 Å². The lowest BCUT2D eigenvalue weighted by molar-refractivity contribution is -0.118. The summed E-state index contributed by atoms with van der Waals surface area (Å²) in [6.45, 7) is 8.06. The molecule has 22 heavy (non-hydrogen) atoms. The van der Waals surface area contributed by atoms with Crippen LogP contribution in [0.4, 0.5) is 5.69 Å². The molecule has 0 heterocycles. The Labute approximate surface area is 145 Å². The molecule has 0 aliphatic rings. The van der Waals surface area contributed by atoms with E-state index in [0.717, 1.165) is 31.7 Å². The predicted octanol–water partition coefficient (Wildman–Crippen LogP) is 4.54. The van der Waals surface area contributed by atoms with Gasteiger partial charge in [0.1, 0.15) is 5.75 Å². The SMILES string of the molecule is Cc1cc(C)c(C)c(OCC(=O)Nc2ccc(I)cc2C)c1. The Bertz CT molecular complexity index is 710. The molecule has 0 unspecified atom stereocenters. The van der Waals surface area contributed by atoms with Gasteiger partial charge in [-0.3, -0.25) is 4.79 Å². The molecule has 2 aromatic rings. The zero-order valence-electron chi connectivity index (χ0n) is 13.3. The summed E-state index contributed by atoms with van der Waals surface area (Å²) in [4.78, 5) is 12.1. The van der Waals surface area contributed by atoms with Gasteiger partial charge in [0.25, 0.3) is 5.91 Å². The quantitative estimate of drug-likeness (QED) is 0.753. The molecule has 0 fully saturated rings. The molecule has 2 rings (SSSR count). The van der Waals surface area contributed by atoms with Crippen molar-refractivity contribution in [3.05, 3.63) is 56.2 Å². The van der Waals surface area contributed by atoms with Crippen LogP contribution >= 0.6 is 22.6 Å². The summed E-state index contributed by atoms with van der Waals surface area (Å²) in [5.41, 5.74) is 5.24. The summed E-state index contributed by atoms with van der Waals surface area (Å²) < 4.78 is 6.83. The van der Waals surface area contributed by atoms with E-state index in [4.69, 9.17) is 4.74 Å². The van der Waals surface area contributed by atoms with Gasteiger partial charge in [-0.05, 0) is 96.8 Å². The van der Waals surface area contributed by atoms with Gasteiger partial charge in [-0.2, -0.15) is 0 Å². The number of anilines is 1. The molecule has 0 saturated heterocycles. The minimum atomic E-state index is -0.150. The largest absolute Gasteiger partial charge is 0.483 e. The highest BCUT2D eigenvalue weighted by atomic mass is 127. The van der Waals surface area contributed by atoms with Crippen molar-refractivity contribution >= 4 is 34.2 Å². The first-order chi connectivity index (χ1) is 10.4. The number of halogens is 1. The minimum Gasteiger partial charge on any atom is -0.483 e. The highest BCUT2D eigenvalue weighted by Crippen LogP contribution is 2.23. The molecule has 0 atom stereocenters. The molecule has 0 spiro atoms. The molecule has 4 heteroatoms. The Morgan fingerprint density at radius 1 is 1.09 bits per heavy atom. The van der Waals surface area contributed by atoms with Crippen LogP contribution in [0.3, 0.4) is 0 Å². The van der Waals surface area contributed by atoms with Gasteiger partial charge in [-0.15, -0.1) is 0 Å². The number of rotatable bonds is 4. The van der Waals surface area contributed by atoms with E-state index in [9.17, 15) is 4.79 Å². The van der Waals surface area contributed by atoms with E-state index < -0.39 is 0 Å². The van der Waals surface area contributed by atoms with Crippen molar-refractivity contribution < 1.29 is 9.53 Å². The van der Waals surface area contributed by atoms with Gasteiger partial charge in [0, 0.05) is 9.26 Å². The highest BCUT2D eigenvalue weighted by Gasteiger charge is 2.09. The normalized spacial score (nSPS) is 10.4. The predicted molar refractivity (Wildman–Crippen MR) is 98.7 cm³/mol. The Morgan fingerprint density at radius 2 is 1.82 bits per heavy atom. The fourth-order valence-corrected chi connectivity index (χ4v) is 2.89. The van der Waals surface area contributed by atoms with Gasteiger partial charge in [-0.1, -0.05) is 6.07 Å². The lowest BCUT2D eigenvalue weighted by Crippen LogP contribution is -2.21. The Morgan fingerprint density at radius 3 is 2.50 bits per heavy atom. The van der Waals surface area contributed by atoms with Crippen LogP contribution in [0.5, 0.6) is 5.75 Å². The van der Waals surface area contributed by atoms with Crippen LogP contribution in [0.15, 0.2) is 30.3 Å². The first kappa shape index (κ1) is 16.8. The maximum absolute atomic E-state index is 12.1. The molecule has 0 aliphatic heterocycles. The molecule has 0 aromatic heterocycles. The molecule has 0 bridgehead atoms. The number of amides is 1. The van der Waals surface area contributed by atoms with Gasteiger partial charge >= 0.3 is 0 Å². The highest BCUT2D eigenvalue weighted by molar-refractivity contribution is 14.1. The molecular weight excluding hydrogens is 389 g/mol. The van der Waals surface area contributed by atoms with Crippen molar-refractivity contribution in [2.75, 3.05) is 11.9 Å². The topological polar surface area (TPSA) is 38.3 Å². The van der Waals surface area contributed by atoms with Gasteiger partial charge < -0.3 is 10.1 Å². The fourth-order valence-electron chi connectivity index (χ4n) is 2.25. The minimum absolute atomic E-state index is 0.00909. The molecule has 1 amide bonds. The number of ether oxygens (including phenoxy) is 1. The van der Waals surface area contributed by atoms with Crippen molar-refractivity contribution in [3.63, 3.8) is 0 Å². The lowest BCUT2D eigenvalue weighted by Gasteiger charge is -2.13. The summed E-state index contributed by atoms with van der Waals surface area (Å²) in [6, 6.07) is 9.99. The fraction of sp³-hybridized carbons (Fsp3) is 0.278. The maximum atomic E-state index is 12.1. The van der Waals surface area contributed by atoms with Gasteiger partial charge in [0.05, 0.1) is 0 Å². The van der Waals surface area contributed by atoms with Gasteiger partial charge in [0.15, 0.2) is 6.61 Å². The monoisotopic (exact) mass is 409 g/mol. The molecular formula is C18H20INO2. The standard InChI is InChI=1S/C18H20INO2/c1-11-7-12(2)14(4)17(8-11)22-10-18(21)20-16-6-5-15(19)9-13(16)3/h5-9H,10H2,1-4H3,(H,20,21). The number of carbonyl (C=O) groups excluding carboxylic acids is 1. The third-order valence-electron chi connectivity index (χ3n) is 3.59. The number of hydrogen-bond donors (Lipinski definition) is 1. The molecule has 116 valence electrons. The molecule has 2 aromatic carbocycles. The van der Waals surface area contributed by atoms with Gasteiger partial charge in [-0.25, -0.2) is 0 Å². The number of benzene rings is 2. The van der Waals surface area contributed by atoms with E-state index in [-0.39, 0.29) is 12.5 Å². The van der Waals surface area contributed by atoms with Crippen LogP contribution in [-0.4, -0.2) is 12.5 Å². The van der Waals surface area contributed by atoms with Crippen LogP contribution in [0.1, 0.15) is 22.3 Å². The van der Waals surface area contributed by atoms with Crippen LogP contribution in [0.25, 0.3) is 0 Å². The number of carbonyl (C=O) groups is 1. The first-order valence-corrected chi connectivity index (χ1v) is 8.21. The van der Waals surface area contributed by atoms with Crippen LogP contribution < -0.4 is 10.1 Å². The van der Waals surface area contributed by atoms with Crippen molar-refractivity contribution in [2.24, 2.45) is 0 Å². The third kappa shape index (κ3) is 4.22. The van der Waals surface area contributed by atoms with Crippen LogP contribution in [0, 0.1) is 31.3 Å². The second kappa shape index (κ2) is 7.13. The number of hydrogen-bond acceptors (Lipinski definition) is 2. The van der Waals surface area contributed by atoms with Gasteiger partial charge in [0.2, 0.25) is 0 Å². The summed E-state index contributed by atoms with van der Waals surface area (Å²) in [6.07, 6.45) is 0. The summed E-state index contributed by atoms with van der Waals surface area (Å²) in [7, 11) is 0. The van der Waals surface area contributed by atoms with Crippen molar-refractivity contribution in [1.29, 1.82) is 0 Å². The maximum Gasteiger partial charge on any atom is 0.262 e. The molecule has 3 nitrogen and oxygen atoms in total. The average Bonchev–Trinajstić information content (AvgIpc) is 2.44. The van der Waals surface area contributed by atoms with E-state index in [0.29, 0.717) is 0 Å². The summed E-state index contributed by atoms with van der Waals surface area (Å²) in [5, 5.41) is 2.89. The Kier molecular flexibility index (Phi) is 5.45.